The summed E-state index contributed by atoms with van der Waals surface area (Å²) in [6.45, 7) is 4.69. The van der Waals surface area contributed by atoms with Crippen LogP contribution in [0.4, 0.5) is 0 Å². The Morgan fingerprint density at radius 2 is 1.90 bits per heavy atom. The summed E-state index contributed by atoms with van der Waals surface area (Å²) in [6.07, 6.45) is 10.4. The normalized spacial score (nSPS) is 10.5. The SMILES string of the molecule is CCCNCc1cnccc1OCCCc1ccncc1. The van der Waals surface area contributed by atoms with Crippen LogP contribution in [0.2, 0.25) is 0 Å². The zero-order valence-electron chi connectivity index (χ0n) is 12.6. The van der Waals surface area contributed by atoms with Crippen LogP contribution in [0.5, 0.6) is 5.75 Å². The Hall–Kier alpha value is -1.94. The van der Waals surface area contributed by atoms with Gasteiger partial charge in [-0.05, 0) is 49.6 Å². The minimum Gasteiger partial charge on any atom is -0.493 e. The van der Waals surface area contributed by atoms with Crippen molar-refractivity contribution < 1.29 is 4.74 Å². The summed E-state index contributed by atoms with van der Waals surface area (Å²) in [5, 5.41) is 3.38. The van der Waals surface area contributed by atoms with Gasteiger partial charge in [-0.15, -0.1) is 0 Å². The fourth-order valence-corrected chi connectivity index (χ4v) is 2.10. The molecule has 0 atom stereocenters. The van der Waals surface area contributed by atoms with Gasteiger partial charge in [0.1, 0.15) is 5.75 Å². The molecular formula is C17H23N3O. The summed E-state index contributed by atoms with van der Waals surface area (Å²) in [6, 6.07) is 6.04. The first kappa shape index (κ1) is 15.4. The van der Waals surface area contributed by atoms with Crippen molar-refractivity contribution in [1.82, 2.24) is 15.3 Å². The molecule has 0 unspecified atom stereocenters. The number of aryl methyl sites for hydroxylation is 1. The van der Waals surface area contributed by atoms with E-state index in [0.29, 0.717) is 6.61 Å². The molecule has 0 radical (unpaired) electrons. The summed E-state index contributed by atoms with van der Waals surface area (Å²) in [4.78, 5) is 8.20. The first-order valence-electron chi connectivity index (χ1n) is 7.55. The first-order chi connectivity index (χ1) is 10.4. The number of rotatable bonds is 9. The molecule has 0 aliphatic heterocycles. The highest BCUT2D eigenvalue weighted by Gasteiger charge is 2.03. The van der Waals surface area contributed by atoms with Crippen LogP contribution in [-0.4, -0.2) is 23.1 Å². The van der Waals surface area contributed by atoms with Crippen LogP contribution in [0.1, 0.15) is 30.9 Å². The van der Waals surface area contributed by atoms with Crippen LogP contribution in [0.15, 0.2) is 43.0 Å². The van der Waals surface area contributed by atoms with Crippen LogP contribution < -0.4 is 10.1 Å². The average molecular weight is 285 g/mol. The van der Waals surface area contributed by atoms with E-state index in [-0.39, 0.29) is 0 Å². The summed E-state index contributed by atoms with van der Waals surface area (Å²) in [5.74, 6) is 0.934. The standard InChI is InChI=1S/C17H23N3O/c1-2-8-19-13-16-14-20-11-7-17(16)21-12-3-4-15-5-9-18-10-6-15/h5-7,9-11,14,19H,2-4,8,12-13H2,1H3. The molecule has 4 heteroatoms. The number of hydrogen-bond donors (Lipinski definition) is 1. The Labute approximate surface area is 126 Å². The van der Waals surface area contributed by atoms with E-state index in [1.165, 1.54) is 5.56 Å². The molecule has 112 valence electrons. The van der Waals surface area contributed by atoms with Gasteiger partial charge in [-0.2, -0.15) is 0 Å². The van der Waals surface area contributed by atoms with Crippen LogP contribution in [-0.2, 0) is 13.0 Å². The number of pyridine rings is 2. The van der Waals surface area contributed by atoms with E-state index >= 15 is 0 Å². The van der Waals surface area contributed by atoms with Gasteiger partial charge in [0.25, 0.3) is 0 Å². The molecule has 0 aromatic carbocycles. The lowest BCUT2D eigenvalue weighted by atomic mass is 10.1. The third kappa shape index (κ3) is 5.52. The Kier molecular flexibility index (Phi) is 6.68. The summed E-state index contributed by atoms with van der Waals surface area (Å²) in [7, 11) is 0. The molecule has 2 heterocycles. The maximum absolute atomic E-state index is 5.89. The van der Waals surface area contributed by atoms with Gasteiger partial charge in [0.15, 0.2) is 0 Å². The van der Waals surface area contributed by atoms with Crippen LogP contribution in [0, 0.1) is 0 Å². The van der Waals surface area contributed by atoms with Gasteiger partial charge in [-0.3, -0.25) is 9.97 Å². The summed E-state index contributed by atoms with van der Waals surface area (Å²) < 4.78 is 5.89. The second-order valence-corrected chi connectivity index (χ2v) is 4.97. The number of aromatic nitrogens is 2. The minimum atomic E-state index is 0.715. The molecule has 0 aliphatic rings. The predicted octanol–water partition coefficient (Wildman–Crippen LogP) is 2.99. The van der Waals surface area contributed by atoms with Gasteiger partial charge in [0.05, 0.1) is 6.61 Å². The van der Waals surface area contributed by atoms with E-state index in [1.807, 2.05) is 36.8 Å². The third-order valence-electron chi connectivity index (χ3n) is 3.22. The average Bonchev–Trinajstić information content (AvgIpc) is 2.54. The smallest absolute Gasteiger partial charge is 0.126 e. The molecular weight excluding hydrogens is 262 g/mol. The third-order valence-corrected chi connectivity index (χ3v) is 3.22. The highest BCUT2D eigenvalue weighted by molar-refractivity contribution is 5.29. The Balaban J connectivity index is 1.77. The van der Waals surface area contributed by atoms with Crippen molar-refractivity contribution in [2.45, 2.75) is 32.7 Å². The Bertz CT molecular complexity index is 516. The van der Waals surface area contributed by atoms with Gasteiger partial charge < -0.3 is 10.1 Å². The topological polar surface area (TPSA) is 47.0 Å². The molecule has 0 aliphatic carbocycles. The van der Waals surface area contributed by atoms with E-state index < -0.39 is 0 Å². The predicted molar refractivity (Wildman–Crippen MR) is 84.3 cm³/mol. The summed E-state index contributed by atoms with van der Waals surface area (Å²) in [5.41, 5.74) is 2.42. The Morgan fingerprint density at radius 1 is 1.10 bits per heavy atom. The lowest BCUT2D eigenvalue weighted by molar-refractivity contribution is 0.306. The highest BCUT2D eigenvalue weighted by atomic mass is 16.5. The van der Waals surface area contributed by atoms with Crippen LogP contribution in [0.3, 0.4) is 0 Å². The van der Waals surface area contributed by atoms with Crippen molar-refractivity contribution in [2.24, 2.45) is 0 Å². The maximum Gasteiger partial charge on any atom is 0.126 e. The lowest BCUT2D eigenvalue weighted by Gasteiger charge is -2.11. The Morgan fingerprint density at radius 3 is 2.71 bits per heavy atom. The number of hydrogen-bond acceptors (Lipinski definition) is 4. The van der Waals surface area contributed by atoms with E-state index in [9.17, 15) is 0 Å². The fraction of sp³-hybridized carbons (Fsp3) is 0.412. The molecule has 4 nitrogen and oxygen atoms in total. The van der Waals surface area contributed by atoms with Gasteiger partial charge in [-0.1, -0.05) is 6.92 Å². The number of ether oxygens (including phenoxy) is 1. The minimum absolute atomic E-state index is 0.715. The van der Waals surface area contributed by atoms with Gasteiger partial charge >= 0.3 is 0 Å². The van der Waals surface area contributed by atoms with E-state index in [1.54, 1.807) is 6.20 Å². The van der Waals surface area contributed by atoms with Crippen molar-refractivity contribution in [1.29, 1.82) is 0 Å². The van der Waals surface area contributed by atoms with Crippen molar-refractivity contribution in [3.63, 3.8) is 0 Å². The second kappa shape index (κ2) is 9.08. The van der Waals surface area contributed by atoms with Gasteiger partial charge in [0, 0.05) is 36.9 Å². The molecule has 0 amide bonds. The van der Waals surface area contributed by atoms with E-state index in [2.05, 4.69) is 22.2 Å². The summed E-state index contributed by atoms with van der Waals surface area (Å²) >= 11 is 0. The second-order valence-electron chi connectivity index (χ2n) is 4.97. The molecule has 0 saturated heterocycles. The molecule has 1 N–H and O–H groups in total. The number of nitrogens with one attached hydrogen (secondary N) is 1. The van der Waals surface area contributed by atoms with Crippen LogP contribution in [0.25, 0.3) is 0 Å². The van der Waals surface area contributed by atoms with Crippen molar-refractivity contribution >= 4 is 0 Å². The zero-order valence-corrected chi connectivity index (χ0v) is 12.6. The zero-order chi connectivity index (χ0) is 14.8. The molecule has 2 aromatic heterocycles. The largest absolute Gasteiger partial charge is 0.493 e. The van der Waals surface area contributed by atoms with Gasteiger partial charge in [0.2, 0.25) is 0 Å². The molecule has 0 saturated carbocycles. The van der Waals surface area contributed by atoms with Gasteiger partial charge in [-0.25, -0.2) is 0 Å². The molecule has 0 bridgehead atoms. The van der Waals surface area contributed by atoms with E-state index in [4.69, 9.17) is 4.74 Å². The van der Waals surface area contributed by atoms with Crippen LogP contribution >= 0.6 is 0 Å². The van der Waals surface area contributed by atoms with Crippen molar-refractivity contribution in [3.05, 3.63) is 54.1 Å². The monoisotopic (exact) mass is 285 g/mol. The first-order valence-corrected chi connectivity index (χ1v) is 7.55. The van der Waals surface area contributed by atoms with Crippen molar-refractivity contribution in [3.8, 4) is 5.75 Å². The number of nitrogens with zero attached hydrogens (tertiary/aromatic N) is 2. The molecule has 21 heavy (non-hydrogen) atoms. The van der Waals surface area contributed by atoms with E-state index in [0.717, 1.165) is 43.7 Å². The fourth-order valence-electron chi connectivity index (χ4n) is 2.10. The molecule has 2 aromatic rings. The molecule has 0 spiro atoms. The maximum atomic E-state index is 5.89. The van der Waals surface area contributed by atoms with Crippen molar-refractivity contribution in [2.75, 3.05) is 13.2 Å². The highest BCUT2D eigenvalue weighted by Crippen LogP contribution is 2.16. The lowest BCUT2D eigenvalue weighted by Crippen LogP contribution is -2.15. The molecule has 0 fully saturated rings. The quantitative estimate of drug-likeness (QED) is 0.720. The molecule has 2 rings (SSSR count).